The van der Waals surface area contributed by atoms with Crippen LogP contribution in [0, 0.1) is 27.7 Å². The number of amides is 1. The molecule has 2 N–H and O–H groups in total. The van der Waals surface area contributed by atoms with Crippen LogP contribution >= 0.6 is 11.3 Å². The number of carbonyl (C=O) groups is 1. The molecule has 3 fully saturated rings. The number of nitrogens with one attached hydrogen (secondary N) is 2. The van der Waals surface area contributed by atoms with Crippen molar-refractivity contribution in [2.24, 2.45) is 0 Å². The number of benzene rings is 4. The maximum Gasteiger partial charge on any atom is 0.407 e. The number of pyridine rings is 3. The molecule has 3 aliphatic heterocycles. The fraction of sp³-hybridized carbons (Fsp3) is 0.308. The Morgan fingerprint density at radius 3 is 1.42 bits per heavy atom. The summed E-state index contributed by atoms with van der Waals surface area (Å²) >= 11 is 1.57. The standard InChI is InChI=1S/C26H28N4O4.C22H22N4O2.C22H24N4O2.C21H22N4O2S/c1-16-5-8-23-28-21(15-30(23)13-16)20-11-17-6-7-19(12-22(17)33-24(20)31)29-10-9-18(14-29)27-25(32)34-26(2,3)4;1-15-3-6-21-24-19(14-26(21)13-15)18-11-16-4-5-17(12-20(16)28-22(18)27)25-9-2-7-23-8-10-25;1-15-5-8-21-23-19(14-26(21)13-15)18-11-16-6-7-17(12-20(16)28-22(18)27)25(4)10-9-24(2)3;1-3-23-6-8-24(9-7-23)16-5-4-15-10-17(20(26)27-19(15)11-16)18-12-25-14(2)13-28-21(25)22-18/h5-8,11-13,15,18H,9-10,14H2,1-4H3,(H,27,32);3-6,11-14,23H,2,7-10H2,1H3;5-8,11-14H,9-10H2,1-4H3;4-5,10-13H,3,6-9H2,1-2H3/t18-;;;/m0.../s1. The number of thiazole rings is 1. The maximum atomic E-state index is 12.8. The molecule has 3 saturated heterocycles. The smallest absolute Gasteiger partial charge is 0.407 e. The van der Waals surface area contributed by atoms with E-state index in [1.165, 1.54) is 0 Å². The number of ether oxygens (including phenoxy) is 1. The highest BCUT2D eigenvalue weighted by Crippen LogP contribution is 2.33. The molecule has 0 saturated carbocycles. The van der Waals surface area contributed by atoms with Crippen molar-refractivity contribution in [3.63, 3.8) is 0 Å². The first kappa shape index (κ1) is 79.2. The predicted molar refractivity (Wildman–Crippen MR) is 469 cm³/mol. The van der Waals surface area contributed by atoms with E-state index in [4.69, 9.17) is 22.4 Å². The Labute approximate surface area is 684 Å². The second-order valence-corrected chi connectivity index (χ2v) is 32.8. The molecule has 16 aromatic rings. The minimum absolute atomic E-state index is 0.00128. The van der Waals surface area contributed by atoms with Crippen LogP contribution < -0.4 is 52.7 Å². The van der Waals surface area contributed by atoms with E-state index in [2.05, 4.69) is 105 Å². The minimum atomic E-state index is -0.528. The Morgan fingerprint density at radius 1 is 0.508 bits per heavy atom. The number of hydrogen-bond acceptors (Lipinski definition) is 22. The molecular weight excluding hydrogens is 1510 g/mol. The molecule has 0 unspecified atom stereocenters. The molecule has 0 spiro atoms. The maximum absolute atomic E-state index is 12.8. The highest BCUT2D eigenvalue weighted by molar-refractivity contribution is 7.15. The van der Waals surface area contributed by atoms with Crippen molar-refractivity contribution in [3.05, 3.63) is 246 Å². The van der Waals surface area contributed by atoms with Crippen molar-refractivity contribution in [2.45, 2.75) is 79.9 Å². The van der Waals surface area contributed by atoms with E-state index >= 15 is 0 Å². The number of piperazine rings is 1. The van der Waals surface area contributed by atoms with Crippen LogP contribution in [-0.2, 0) is 4.74 Å². The van der Waals surface area contributed by atoms with Crippen LogP contribution in [0.5, 0.6) is 0 Å². The number of imidazole rings is 4. The molecule has 0 radical (unpaired) electrons. The third-order valence-electron chi connectivity index (χ3n) is 21.7. The molecule has 12 aromatic heterocycles. The summed E-state index contributed by atoms with van der Waals surface area (Å²) in [5, 5.41) is 11.9. The lowest BCUT2D eigenvalue weighted by molar-refractivity contribution is 0.0508. The quantitative estimate of drug-likeness (QED) is 0.102. The van der Waals surface area contributed by atoms with Gasteiger partial charge in [0.1, 0.15) is 44.9 Å². The summed E-state index contributed by atoms with van der Waals surface area (Å²) in [6.07, 6.45) is 15.0. The number of rotatable bonds is 13. The highest BCUT2D eigenvalue weighted by Gasteiger charge is 2.28. The van der Waals surface area contributed by atoms with Crippen molar-refractivity contribution < 1.29 is 27.2 Å². The average molecular weight is 1610 g/mol. The summed E-state index contributed by atoms with van der Waals surface area (Å²) in [5.74, 6) is 0. The van der Waals surface area contributed by atoms with E-state index in [9.17, 15) is 24.0 Å². The summed E-state index contributed by atoms with van der Waals surface area (Å²) in [5.41, 5.74) is 15.8. The Morgan fingerprint density at radius 2 is 0.958 bits per heavy atom. The van der Waals surface area contributed by atoms with E-state index in [-0.39, 0.29) is 22.9 Å². The van der Waals surface area contributed by atoms with Crippen LogP contribution in [0.2, 0.25) is 0 Å². The Hall–Kier alpha value is -12.7. The third-order valence-corrected chi connectivity index (χ3v) is 22.6. The summed E-state index contributed by atoms with van der Waals surface area (Å²) in [6, 6.07) is 43.3. The zero-order valence-corrected chi connectivity index (χ0v) is 69.1. The molecule has 0 aliphatic carbocycles. The first-order chi connectivity index (χ1) is 56.8. The number of carbonyl (C=O) groups excluding carboxylic acids is 1. The first-order valence-electron chi connectivity index (χ1n) is 40.0. The molecule has 19 rings (SSSR count). The second kappa shape index (κ2) is 33.5. The van der Waals surface area contributed by atoms with Crippen molar-refractivity contribution in [3.8, 4) is 45.0 Å². The minimum Gasteiger partial charge on any atom is -0.444 e. The van der Waals surface area contributed by atoms with Gasteiger partial charge in [-0.3, -0.25) is 4.40 Å². The van der Waals surface area contributed by atoms with Gasteiger partial charge in [0, 0.05) is 202 Å². The fourth-order valence-corrected chi connectivity index (χ4v) is 16.0. The molecule has 27 heteroatoms. The van der Waals surface area contributed by atoms with Crippen LogP contribution in [-0.4, -0.2) is 171 Å². The van der Waals surface area contributed by atoms with E-state index in [0.29, 0.717) is 73.9 Å². The van der Waals surface area contributed by atoms with Gasteiger partial charge in [0.25, 0.3) is 0 Å². The normalized spacial score (nSPS) is 14.8. The SMILES string of the molecule is CCN1CCN(c2ccc3cc(-c4cn5c(C)csc5n4)c(=O)oc3c2)CC1.Cc1ccc2nc(-c3cc4ccc(N(C)CCN(C)C)cc4oc3=O)cn2c1.Cc1ccc2nc(-c3cc4ccc(N5CCCNCC5)cc4oc3=O)cn2c1.Cc1ccc2nc(-c3cc4ccc(N5CC[C@H](NC(=O)OC(C)(C)C)C5)cc4oc3=O)cn2c1. The molecule has 26 nitrogen and oxygen atoms in total. The number of hydrogen-bond donors (Lipinski definition) is 2. The number of nitrogens with zero attached hydrogens (tertiary/aromatic N) is 14. The molecule has 4 aromatic carbocycles. The molecule has 1 atom stereocenters. The molecule has 606 valence electrons. The van der Waals surface area contributed by atoms with E-state index in [0.717, 1.165) is 180 Å². The molecule has 1 amide bonds. The van der Waals surface area contributed by atoms with Crippen LogP contribution in [0.15, 0.2) is 219 Å². The monoisotopic (exact) mass is 1600 g/mol. The lowest BCUT2D eigenvalue weighted by Gasteiger charge is -2.35. The van der Waals surface area contributed by atoms with Gasteiger partial charge in [0.2, 0.25) is 0 Å². The number of aryl methyl sites for hydroxylation is 4. The molecule has 118 heavy (non-hydrogen) atoms. The average Bonchev–Trinajstić information content (AvgIpc) is 1.50. The highest BCUT2D eigenvalue weighted by atomic mass is 32.1. The predicted octanol–water partition coefficient (Wildman–Crippen LogP) is 14.8. The molecule has 0 bridgehead atoms. The van der Waals surface area contributed by atoms with Crippen LogP contribution in [0.3, 0.4) is 0 Å². The summed E-state index contributed by atoms with van der Waals surface area (Å²) in [7, 11) is 6.14. The van der Waals surface area contributed by atoms with Crippen molar-refractivity contribution in [1.29, 1.82) is 0 Å². The third kappa shape index (κ3) is 17.7. The Balaban J connectivity index is 0.000000118. The molecule has 3 aliphatic rings. The van der Waals surface area contributed by atoms with Crippen LogP contribution in [0.25, 0.3) is 111 Å². The Kier molecular flexibility index (Phi) is 22.5. The Bertz CT molecular complexity index is 6680. The van der Waals surface area contributed by atoms with Gasteiger partial charge in [-0.15, -0.1) is 11.3 Å². The largest absolute Gasteiger partial charge is 0.444 e. The lowest BCUT2D eigenvalue weighted by Crippen LogP contribution is -2.46. The van der Waals surface area contributed by atoms with Gasteiger partial charge in [-0.05, 0) is 196 Å². The number of fused-ring (bicyclic) bond motifs is 8. The lowest BCUT2D eigenvalue weighted by atomic mass is 10.1. The molecular formula is C91H96N16O10S. The fourth-order valence-electron chi connectivity index (χ4n) is 15.2. The van der Waals surface area contributed by atoms with Gasteiger partial charge in [0.05, 0.1) is 51.1 Å². The molecule has 15 heterocycles. The van der Waals surface area contributed by atoms with Crippen molar-refractivity contribution in [2.75, 3.05) is 126 Å². The van der Waals surface area contributed by atoms with Crippen molar-refractivity contribution >= 4 is 106 Å². The van der Waals surface area contributed by atoms with Gasteiger partial charge in [-0.25, -0.2) is 43.9 Å². The second-order valence-electron chi connectivity index (χ2n) is 31.9. The van der Waals surface area contributed by atoms with E-state index in [1.54, 1.807) is 11.3 Å². The number of likely N-dealkylation sites (N-methyl/N-ethyl adjacent to an activating group) is 3. The van der Waals surface area contributed by atoms with Gasteiger partial charge < -0.3 is 75.6 Å². The number of aromatic nitrogens is 8. The summed E-state index contributed by atoms with van der Waals surface area (Å²) in [6.45, 7) is 28.3. The van der Waals surface area contributed by atoms with E-state index < -0.39 is 17.3 Å². The summed E-state index contributed by atoms with van der Waals surface area (Å²) < 4.78 is 35.8. The number of alkyl carbamates (subject to hydrolysis) is 1. The van der Waals surface area contributed by atoms with Crippen molar-refractivity contribution in [1.82, 2.24) is 58.0 Å². The zero-order valence-electron chi connectivity index (χ0n) is 68.3. The van der Waals surface area contributed by atoms with Gasteiger partial charge in [-0.2, -0.15) is 0 Å². The van der Waals surface area contributed by atoms with Gasteiger partial charge in [-0.1, -0.05) is 25.1 Å². The van der Waals surface area contributed by atoms with Gasteiger partial charge in [0.15, 0.2) is 4.96 Å². The summed E-state index contributed by atoms with van der Waals surface area (Å²) in [4.78, 5) is 95.6. The van der Waals surface area contributed by atoms with Crippen LogP contribution in [0.4, 0.5) is 27.5 Å². The first-order valence-corrected chi connectivity index (χ1v) is 40.9. The number of anilines is 4. The zero-order chi connectivity index (χ0) is 82.2. The van der Waals surface area contributed by atoms with Gasteiger partial charge >= 0.3 is 28.6 Å². The van der Waals surface area contributed by atoms with Crippen LogP contribution in [0.1, 0.15) is 62.9 Å². The van der Waals surface area contributed by atoms with E-state index in [1.807, 2.05) is 232 Å². The topological polar surface area (TPSA) is 260 Å².